The Kier molecular flexibility index (Phi) is 3.38. The molecule has 0 radical (unpaired) electrons. The zero-order valence-corrected chi connectivity index (χ0v) is 8.84. The minimum absolute atomic E-state index is 0.122. The number of Topliss-reactive ketones (excluding diaryl/α,β-unsaturated/α-hetero) is 1. The summed E-state index contributed by atoms with van der Waals surface area (Å²) in [6.07, 6.45) is 8.01. The molecule has 0 amide bonds. The molecule has 0 aromatic carbocycles. The molecule has 0 bridgehead atoms. The maximum Gasteiger partial charge on any atom is 0.164 e. The summed E-state index contributed by atoms with van der Waals surface area (Å²) < 4.78 is 0. The van der Waals surface area contributed by atoms with Crippen LogP contribution in [0.5, 0.6) is 0 Å². The quantitative estimate of drug-likeness (QED) is 0.730. The Bertz CT molecular complexity index is 454. The van der Waals surface area contributed by atoms with Gasteiger partial charge in [0.25, 0.3) is 0 Å². The van der Waals surface area contributed by atoms with Gasteiger partial charge in [0.1, 0.15) is 0 Å². The van der Waals surface area contributed by atoms with Gasteiger partial charge in [0.2, 0.25) is 0 Å². The molecule has 0 N–H and O–H groups in total. The van der Waals surface area contributed by atoms with Crippen molar-refractivity contribution >= 4 is 5.78 Å². The van der Waals surface area contributed by atoms with Crippen molar-refractivity contribution in [1.82, 2.24) is 9.97 Å². The number of hydrogen-bond acceptors (Lipinski definition) is 3. The molecule has 16 heavy (non-hydrogen) atoms. The highest BCUT2D eigenvalue weighted by Crippen LogP contribution is 2.06. The maximum absolute atomic E-state index is 11.8. The second-order valence-electron chi connectivity index (χ2n) is 3.53. The molecule has 2 aromatic rings. The molecule has 0 saturated carbocycles. The van der Waals surface area contributed by atoms with E-state index in [0.717, 1.165) is 12.0 Å². The van der Waals surface area contributed by atoms with Gasteiger partial charge in [-0.1, -0.05) is 6.07 Å². The Morgan fingerprint density at radius 1 is 1.06 bits per heavy atom. The molecule has 2 aromatic heterocycles. The third kappa shape index (κ3) is 2.73. The van der Waals surface area contributed by atoms with Crippen molar-refractivity contribution in [2.24, 2.45) is 0 Å². The van der Waals surface area contributed by atoms with Crippen molar-refractivity contribution in [3.05, 3.63) is 60.2 Å². The fraction of sp³-hybridized carbons (Fsp3) is 0.154. The van der Waals surface area contributed by atoms with E-state index in [1.54, 1.807) is 36.9 Å². The van der Waals surface area contributed by atoms with E-state index >= 15 is 0 Å². The van der Waals surface area contributed by atoms with Crippen LogP contribution in [-0.4, -0.2) is 15.8 Å². The van der Waals surface area contributed by atoms with E-state index in [1.807, 2.05) is 12.1 Å². The molecular formula is C13H12N2O. The van der Waals surface area contributed by atoms with Crippen LogP contribution in [0.25, 0.3) is 0 Å². The lowest BCUT2D eigenvalue weighted by Crippen LogP contribution is -2.01. The average molecular weight is 212 g/mol. The molecule has 0 saturated heterocycles. The highest BCUT2D eigenvalue weighted by Gasteiger charge is 2.05. The van der Waals surface area contributed by atoms with Gasteiger partial charge in [-0.2, -0.15) is 0 Å². The van der Waals surface area contributed by atoms with Crippen molar-refractivity contribution in [3.63, 3.8) is 0 Å². The number of aryl methyl sites for hydroxylation is 1. The van der Waals surface area contributed by atoms with E-state index in [1.165, 1.54) is 0 Å². The summed E-state index contributed by atoms with van der Waals surface area (Å²) in [5, 5.41) is 0. The van der Waals surface area contributed by atoms with Crippen molar-refractivity contribution in [3.8, 4) is 0 Å². The van der Waals surface area contributed by atoms with Crippen LogP contribution in [0, 0.1) is 0 Å². The molecule has 0 aliphatic carbocycles. The lowest BCUT2D eigenvalue weighted by atomic mass is 10.1. The van der Waals surface area contributed by atoms with Crippen LogP contribution in [-0.2, 0) is 6.42 Å². The SMILES string of the molecule is O=C(CCc1cccnc1)c1cccnc1. The highest BCUT2D eigenvalue weighted by molar-refractivity contribution is 5.95. The molecule has 0 fully saturated rings. The molecule has 0 unspecified atom stereocenters. The fourth-order valence-corrected chi connectivity index (χ4v) is 1.48. The molecule has 3 heteroatoms. The minimum Gasteiger partial charge on any atom is -0.294 e. The molecule has 0 spiro atoms. The molecule has 0 aliphatic heterocycles. The van der Waals surface area contributed by atoms with E-state index in [0.29, 0.717) is 12.0 Å². The van der Waals surface area contributed by atoms with Crippen LogP contribution in [0.3, 0.4) is 0 Å². The largest absolute Gasteiger partial charge is 0.294 e. The zero-order valence-electron chi connectivity index (χ0n) is 8.84. The number of aromatic nitrogens is 2. The third-order valence-electron chi connectivity index (χ3n) is 2.35. The van der Waals surface area contributed by atoms with Crippen LogP contribution in [0.4, 0.5) is 0 Å². The van der Waals surface area contributed by atoms with Crippen molar-refractivity contribution in [2.75, 3.05) is 0 Å². The minimum atomic E-state index is 0.122. The molecular weight excluding hydrogens is 200 g/mol. The van der Waals surface area contributed by atoms with E-state index in [4.69, 9.17) is 0 Å². The maximum atomic E-state index is 11.8. The molecule has 2 heterocycles. The van der Waals surface area contributed by atoms with E-state index in [9.17, 15) is 4.79 Å². The molecule has 2 rings (SSSR count). The van der Waals surface area contributed by atoms with Crippen LogP contribution < -0.4 is 0 Å². The summed E-state index contributed by atoms with van der Waals surface area (Å²) in [4.78, 5) is 19.7. The smallest absolute Gasteiger partial charge is 0.164 e. The fourth-order valence-electron chi connectivity index (χ4n) is 1.48. The van der Waals surface area contributed by atoms with Gasteiger partial charge in [-0.3, -0.25) is 14.8 Å². The number of rotatable bonds is 4. The summed E-state index contributed by atoms with van der Waals surface area (Å²) in [6, 6.07) is 7.42. The highest BCUT2D eigenvalue weighted by atomic mass is 16.1. The third-order valence-corrected chi connectivity index (χ3v) is 2.35. The number of nitrogens with zero attached hydrogens (tertiary/aromatic N) is 2. The molecule has 80 valence electrons. The predicted molar refractivity (Wildman–Crippen MR) is 61.1 cm³/mol. The summed E-state index contributed by atoms with van der Waals surface area (Å²) >= 11 is 0. The van der Waals surface area contributed by atoms with Gasteiger partial charge in [0.15, 0.2) is 5.78 Å². The average Bonchev–Trinajstić information content (AvgIpc) is 2.38. The number of ketones is 1. The first-order valence-corrected chi connectivity index (χ1v) is 5.18. The first-order chi connectivity index (χ1) is 7.86. The number of hydrogen-bond donors (Lipinski definition) is 0. The molecule has 0 atom stereocenters. The van der Waals surface area contributed by atoms with Crippen LogP contribution in [0.2, 0.25) is 0 Å². The van der Waals surface area contributed by atoms with E-state index in [2.05, 4.69) is 9.97 Å². The monoisotopic (exact) mass is 212 g/mol. The second-order valence-corrected chi connectivity index (χ2v) is 3.53. The predicted octanol–water partition coefficient (Wildman–Crippen LogP) is 2.29. The Labute approximate surface area is 94.2 Å². The van der Waals surface area contributed by atoms with E-state index < -0.39 is 0 Å². The number of carbonyl (C=O) groups is 1. The Morgan fingerprint density at radius 2 is 1.81 bits per heavy atom. The van der Waals surface area contributed by atoms with Gasteiger partial charge < -0.3 is 0 Å². The van der Waals surface area contributed by atoms with Crippen LogP contribution >= 0.6 is 0 Å². The number of carbonyl (C=O) groups excluding carboxylic acids is 1. The standard InChI is InChI=1S/C13H12N2O/c16-13(12-4-2-8-15-10-12)6-5-11-3-1-7-14-9-11/h1-4,7-10H,5-6H2. The first kappa shape index (κ1) is 10.5. The Hall–Kier alpha value is -2.03. The lowest BCUT2D eigenvalue weighted by Gasteiger charge is -2.00. The molecule has 0 aliphatic rings. The van der Waals surface area contributed by atoms with Gasteiger partial charge >= 0.3 is 0 Å². The van der Waals surface area contributed by atoms with Crippen molar-refractivity contribution in [1.29, 1.82) is 0 Å². The van der Waals surface area contributed by atoms with Crippen LogP contribution in [0.1, 0.15) is 22.3 Å². The normalized spacial score (nSPS) is 10.0. The lowest BCUT2D eigenvalue weighted by molar-refractivity contribution is 0.0982. The molecule has 3 nitrogen and oxygen atoms in total. The second kappa shape index (κ2) is 5.16. The Balaban J connectivity index is 1.95. The summed E-state index contributed by atoms with van der Waals surface area (Å²) in [5.74, 6) is 0.122. The van der Waals surface area contributed by atoms with Gasteiger partial charge in [0, 0.05) is 36.8 Å². The van der Waals surface area contributed by atoms with Gasteiger partial charge in [-0.25, -0.2) is 0 Å². The van der Waals surface area contributed by atoms with E-state index in [-0.39, 0.29) is 5.78 Å². The summed E-state index contributed by atoms with van der Waals surface area (Å²) in [7, 11) is 0. The van der Waals surface area contributed by atoms with Gasteiger partial charge in [-0.15, -0.1) is 0 Å². The van der Waals surface area contributed by atoms with Crippen molar-refractivity contribution in [2.45, 2.75) is 12.8 Å². The summed E-state index contributed by atoms with van der Waals surface area (Å²) in [5.41, 5.74) is 1.76. The zero-order chi connectivity index (χ0) is 11.2. The topological polar surface area (TPSA) is 42.9 Å². The van der Waals surface area contributed by atoms with Crippen molar-refractivity contribution < 1.29 is 4.79 Å². The van der Waals surface area contributed by atoms with Gasteiger partial charge in [-0.05, 0) is 30.2 Å². The summed E-state index contributed by atoms with van der Waals surface area (Å²) in [6.45, 7) is 0. The number of pyridine rings is 2. The Morgan fingerprint density at radius 3 is 2.44 bits per heavy atom. The van der Waals surface area contributed by atoms with Crippen LogP contribution in [0.15, 0.2) is 49.1 Å². The first-order valence-electron chi connectivity index (χ1n) is 5.18. The van der Waals surface area contributed by atoms with Gasteiger partial charge in [0.05, 0.1) is 0 Å².